The standard InChI is InChI=1S/C16H15BrClNO2/c1-19(16(20)11-3-6-14(18)7-4-11)10-12-9-13(17)5-8-15(12)21-2/h3-9H,10H2,1-2H3. The van der Waals surface area contributed by atoms with E-state index in [0.29, 0.717) is 17.1 Å². The summed E-state index contributed by atoms with van der Waals surface area (Å²) in [4.78, 5) is 14.0. The van der Waals surface area contributed by atoms with Crippen molar-refractivity contribution >= 4 is 33.4 Å². The molecule has 2 aromatic carbocycles. The Hall–Kier alpha value is -1.52. The van der Waals surface area contributed by atoms with Gasteiger partial charge in [0.2, 0.25) is 0 Å². The first-order valence-corrected chi connectivity index (χ1v) is 7.52. The Balaban J connectivity index is 2.17. The predicted octanol–water partition coefficient (Wildman–Crippen LogP) is 4.38. The monoisotopic (exact) mass is 367 g/mol. The molecular weight excluding hydrogens is 354 g/mol. The number of carbonyl (C=O) groups is 1. The fourth-order valence-corrected chi connectivity index (χ4v) is 2.55. The topological polar surface area (TPSA) is 29.5 Å². The third-order valence-electron chi connectivity index (χ3n) is 3.09. The first-order valence-electron chi connectivity index (χ1n) is 6.34. The molecule has 3 nitrogen and oxygen atoms in total. The lowest BCUT2D eigenvalue weighted by Gasteiger charge is -2.19. The summed E-state index contributed by atoms with van der Waals surface area (Å²) in [6.07, 6.45) is 0. The number of carbonyl (C=O) groups excluding carboxylic acids is 1. The minimum atomic E-state index is -0.0614. The van der Waals surface area contributed by atoms with Crippen LogP contribution in [-0.2, 0) is 6.54 Å². The first-order chi connectivity index (χ1) is 10.0. The molecule has 0 atom stereocenters. The molecule has 0 aliphatic rings. The molecule has 2 rings (SSSR count). The fraction of sp³-hybridized carbons (Fsp3) is 0.188. The minimum absolute atomic E-state index is 0.0614. The number of hydrogen-bond donors (Lipinski definition) is 0. The Morgan fingerprint density at radius 3 is 2.52 bits per heavy atom. The SMILES string of the molecule is COc1ccc(Br)cc1CN(C)C(=O)c1ccc(Cl)cc1. The lowest BCUT2D eigenvalue weighted by molar-refractivity contribution is 0.0784. The van der Waals surface area contributed by atoms with Gasteiger partial charge in [-0.05, 0) is 42.5 Å². The molecule has 0 saturated carbocycles. The smallest absolute Gasteiger partial charge is 0.253 e. The summed E-state index contributed by atoms with van der Waals surface area (Å²) in [5.41, 5.74) is 1.55. The van der Waals surface area contributed by atoms with E-state index in [4.69, 9.17) is 16.3 Å². The Morgan fingerprint density at radius 1 is 1.24 bits per heavy atom. The molecule has 0 N–H and O–H groups in total. The van der Waals surface area contributed by atoms with Crippen LogP contribution in [0.3, 0.4) is 0 Å². The van der Waals surface area contributed by atoms with Gasteiger partial charge in [-0.15, -0.1) is 0 Å². The Labute approximate surface area is 137 Å². The van der Waals surface area contributed by atoms with Crippen molar-refractivity contribution in [3.8, 4) is 5.75 Å². The average molecular weight is 369 g/mol. The van der Waals surface area contributed by atoms with Crippen molar-refractivity contribution in [3.05, 3.63) is 63.1 Å². The molecule has 21 heavy (non-hydrogen) atoms. The molecule has 110 valence electrons. The Kier molecular flexibility index (Phi) is 5.26. The normalized spacial score (nSPS) is 10.3. The van der Waals surface area contributed by atoms with Crippen LogP contribution >= 0.6 is 27.5 Å². The largest absolute Gasteiger partial charge is 0.496 e. The van der Waals surface area contributed by atoms with Crippen LogP contribution in [0.25, 0.3) is 0 Å². The van der Waals surface area contributed by atoms with E-state index in [1.807, 2.05) is 18.2 Å². The highest BCUT2D eigenvalue weighted by molar-refractivity contribution is 9.10. The summed E-state index contributed by atoms with van der Waals surface area (Å²) in [6, 6.07) is 12.6. The maximum absolute atomic E-state index is 12.4. The van der Waals surface area contributed by atoms with Gasteiger partial charge >= 0.3 is 0 Å². The van der Waals surface area contributed by atoms with Crippen LogP contribution in [0, 0.1) is 0 Å². The molecule has 0 spiro atoms. The molecule has 0 aliphatic carbocycles. The first kappa shape index (κ1) is 15.9. The second-order valence-electron chi connectivity index (χ2n) is 4.62. The van der Waals surface area contributed by atoms with Gasteiger partial charge in [0.25, 0.3) is 5.91 Å². The summed E-state index contributed by atoms with van der Waals surface area (Å²) < 4.78 is 6.28. The van der Waals surface area contributed by atoms with E-state index in [1.165, 1.54) is 0 Å². The molecule has 0 aromatic heterocycles. The summed E-state index contributed by atoms with van der Waals surface area (Å²) >= 11 is 9.27. The highest BCUT2D eigenvalue weighted by Crippen LogP contribution is 2.24. The van der Waals surface area contributed by atoms with E-state index in [0.717, 1.165) is 15.8 Å². The van der Waals surface area contributed by atoms with Crippen molar-refractivity contribution in [1.29, 1.82) is 0 Å². The van der Waals surface area contributed by atoms with E-state index in [9.17, 15) is 4.79 Å². The Bertz CT molecular complexity index is 643. The van der Waals surface area contributed by atoms with E-state index in [1.54, 1.807) is 43.3 Å². The lowest BCUT2D eigenvalue weighted by Crippen LogP contribution is -2.26. The van der Waals surface area contributed by atoms with Crippen molar-refractivity contribution in [2.24, 2.45) is 0 Å². The predicted molar refractivity (Wildman–Crippen MR) is 87.9 cm³/mol. The highest BCUT2D eigenvalue weighted by atomic mass is 79.9. The number of nitrogens with zero attached hydrogens (tertiary/aromatic N) is 1. The zero-order valence-electron chi connectivity index (χ0n) is 11.8. The van der Waals surface area contributed by atoms with Crippen LogP contribution < -0.4 is 4.74 Å². The molecule has 5 heteroatoms. The van der Waals surface area contributed by atoms with Crippen LogP contribution in [0.5, 0.6) is 5.75 Å². The van der Waals surface area contributed by atoms with Gasteiger partial charge in [0.1, 0.15) is 5.75 Å². The van der Waals surface area contributed by atoms with Crippen LogP contribution in [0.15, 0.2) is 46.9 Å². The number of halogens is 2. The van der Waals surface area contributed by atoms with Gasteiger partial charge < -0.3 is 9.64 Å². The lowest BCUT2D eigenvalue weighted by atomic mass is 10.1. The molecule has 0 aliphatic heterocycles. The zero-order valence-corrected chi connectivity index (χ0v) is 14.1. The van der Waals surface area contributed by atoms with Crippen LogP contribution in [-0.4, -0.2) is 25.0 Å². The van der Waals surface area contributed by atoms with Gasteiger partial charge in [-0.2, -0.15) is 0 Å². The maximum Gasteiger partial charge on any atom is 0.253 e. The summed E-state index contributed by atoms with van der Waals surface area (Å²) in [5, 5.41) is 0.614. The molecule has 0 bridgehead atoms. The number of ether oxygens (including phenoxy) is 1. The quantitative estimate of drug-likeness (QED) is 0.801. The van der Waals surface area contributed by atoms with Gasteiger partial charge in [-0.25, -0.2) is 0 Å². The number of rotatable bonds is 4. The number of hydrogen-bond acceptors (Lipinski definition) is 2. The molecule has 0 saturated heterocycles. The molecular formula is C16H15BrClNO2. The minimum Gasteiger partial charge on any atom is -0.496 e. The van der Waals surface area contributed by atoms with Crippen molar-refractivity contribution in [2.75, 3.05) is 14.2 Å². The summed E-state index contributed by atoms with van der Waals surface area (Å²) in [5.74, 6) is 0.697. The van der Waals surface area contributed by atoms with Crippen LogP contribution in [0.1, 0.15) is 15.9 Å². The molecule has 0 radical (unpaired) electrons. The van der Waals surface area contributed by atoms with Crippen molar-refractivity contribution in [1.82, 2.24) is 4.90 Å². The van der Waals surface area contributed by atoms with Gasteiger partial charge in [0.05, 0.1) is 7.11 Å². The maximum atomic E-state index is 12.4. The van der Waals surface area contributed by atoms with Gasteiger partial charge in [0, 0.05) is 34.2 Å². The number of methoxy groups -OCH3 is 1. The third kappa shape index (κ3) is 3.99. The second kappa shape index (κ2) is 6.96. The average Bonchev–Trinajstić information content (AvgIpc) is 2.47. The van der Waals surface area contributed by atoms with E-state index >= 15 is 0 Å². The number of amides is 1. The molecule has 1 amide bonds. The van der Waals surface area contributed by atoms with Gasteiger partial charge in [0.15, 0.2) is 0 Å². The van der Waals surface area contributed by atoms with E-state index in [-0.39, 0.29) is 5.91 Å². The fourth-order valence-electron chi connectivity index (χ4n) is 2.01. The third-order valence-corrected chi connectivity index (χ3v) is 3.83. The molecule has 0 heterocycles. The second-order valence-corrected chi connectivity index (χ2v) is 5.98. The van der Waals surface area contributed by atoms with Crippen molar-refractivity contribution in [2.45, 2.75) is 6.54 Å². The van der Waals surface area contributed by atoms with Crippen molar-refractivity contribution < 1.29 is 9.53 Å². The Morgan fingerprint density at radius 2 is 1.90 bits per heavy atom. The molecule has 0 unspecified atom stereocenters. The van der Waals surface area contributed by atoms with Crippen molar-refractivity contribution in [3.63, 3.8) is 0 Å². The van der Waals surface area contributed by atoms with Gasteiger partial charge in [-0.1, -0.05) is 27.5 Å². The zero-order chi connectivity index (χ0) is 15.4. The van der Waals surface area contributed by atoms with Gasteiger partial charge in [-0.3, -0.25) is 4.79 Å². The molecule has 0 fully saturated rings. The number of benzene rings is 2. The molecule has 2 aromatic rings. The summed E-state index contributed by atoms with van der Waals surface area (Å²) in [6.45, 7) is 0.462. The van der Waals surface area contributed by atoms with E-state index in [2.05, 4.69) is 15.9 Å². The van der Waals surface area contributed by atoms with Crippen LogP contribution in [0.4, 0.5) is 0 Å². The summed E-state index contributed by atoms with van der Waals surface area (Å²) in [7, 11) is 3.38. The van der Waals surface area contributed by atoms with Crippen LogP contribution in [0.2, 0.25) is 5.02 Å². The highest BCUT2D eigenvalue weighted by Gasteiger charge is 2.14. The van der Waals surface area contributed by atoms with E-state index < -0.39 is 0 Å².